The molecule has 0 aromatic heterocycles. The summed E-state index contributed by atoms with van der Waals surface area (Å²) in [4.78, 5) is 48.9. The van der Waals surface area contributed by atoms with Crippen molar-refractivity contribution in [3.05, 3.63) is 35.4 Å². The number of nitrogens with one attached hydrogen (secondary N) is 2. The molecular weight excluding hydrogens is 362 g/mol. The molecule has 1 atom stereocenters. The van der Waals surface area contributed by atoms with Crippen LogP contribution in [0.25, 0.3) is 0 Å². The zero-order chi connectivity index (χ0) is 20.9. The molecule has 1 saturated heterocycles. The minimum Gasteiger partial charge on any atom is -0.453 e. The standard InChI is InChI=1S/C20H27N3O5/c1-13-7-9-15(10-8-13)12-21-17(25)14(2)28-16(24)6-5-11-23-18(26)20(3,4)22-19(23)27/h7-10,14H,5-6,11-12H2,1-4H3,(H,21,25)(H,22,27)/t14-/m1/s1. The maximum Gasteiger partial charge on any atom is 0.325 e. The number of amides is 4. The van der Waals surface area contributed by atoms with Gasteiger partial charge < -0.3 is 15.4 Å². The van der Waals surface area contributed by atoms with E-state index < -0.39 is 23.6 Å². The molecule has 1 aliphatic heterocycles. The molecule has 0 bridgehead atoms. The van der Waals surface area contributed by atoms with Crippen LogP contribution in [0, 0.1) is 6.92 Å². The number of carbonyl (C=O) groups excluding carboxylic acids is 4. The largest absolute Gasteiger partial charge is 0.453 e. The van der Waals surface area contributed by atoms with Gasteiger partial charge in [-0.2, -0.15) is 0 Å². The summed E-state index contributed by atoms with van der Waals surface area (Å²) in [6.45, 7) is 7.20. The molecular formula is C20H27N3O5. The highest BCUT2D eigenvalue weighted by molar-refractivity contribution is 6.06. The Morgan fingerprint density at radius 1 is 1.21 bits per heavy atom. The van der Waals surface area contributed by atoms with Gasteiger partial charge in [0.15, 0.2) is 6.10 Å². The van der Waals surface area contributed by atoms with E-state index in [4.69, 9.17) is 4.74 Å². The molecule has 8 heteroatoms. The number of aryl methyl sites for hydroxylation is 1. The van der Waals surface area contributed by atoms with Gasteiger partial charge in [-0.05, 0) is 39.7 Å². The summed E-state index contributed by atoms with van der Waals surface area (Å²) in [6.07, 6.45) is -0.646. The van der Waals surface area contributed by atoms with Gasteiger partial charge in [0.1, 0.15) is 5.54 Å². The van der Waals surface area contributed by atoms with Crippen LogP contribution in [0.15, 0.2) is 24.3 Å². The van der Waals surface area contributed by atoms with Gasteiger partial charge in [0.05, 0.1) is 0 Å². The van der Waals surface area contributed by atoms with E-state index in [-0.39, 0.29) is 31.2 Å². The van der Waals surface area contributed by atoms with Crippen molar-refractivity contribution >= 4 is 23.8 Å². The van der Waals surface area contributed by atoms with E-state index in [9.17, 15) is 19.2 Å². The minimum absolute atomic E-state index is 0.00701. The van der Waals surface area contributed by atoms with Crippen molar-refractivity contribution < 1.29 is 23.9 Å². The van der Waals surface area contributed by atoms with Crippen LogP contribution in [0.2, 0.25) is 0 Å². The number of carbonyl (C=O) groups is 4. The number of benzene rings is 1. The molecule has 4 amide bonds. The number of ether oxygens (including phenoxy) is 1. The lowest BCUT2D eigenvalue weighted by molar-refractivity contribution is -0.155. The summed E-state index contributed by atoms with van der Waals surface area (Å²) in [6, 6.07) is 7.29. The van der Waals surface area contributed by atoms with Gasteiger partial charge in [0.2, 0.25) is 0 Å². The van der Waals surface area contributed by atoms with Crippen LogP contribution in [0.1, 0.15) is 44.7 Å². The van der Waals surface area contributed by atoms with Gasteiger partial charge in [-0.3, -0.25) is 19.3 Å². The lowest BCUT2D eigenvalue weighted by Crippen LogP contribution is -2.40. The predicted octanol–water partition coefficient (Wildman–Crippen LogP) is 1.65. The van der Waals surface area contributed by atoms with Crippen LogP contribution in [-0.2, 0) is 25.7 Å². The van der Waals surface area contributed by atoms with Crippen molar-refractivity contribution in [1.82, 2.24) is 15.5 Å². The summed E-state index contributed by atoms with van der Waals surface area (Å²) < 4.78 is 5.12. The molecule has 152 valence electrons. The fourth-order valence-corrected chi connectivity index (χ4v) is 2.75. The van der Waals surface area contributed by atoms with Gasteiger partial charge in [-0.1, -0.05) is 29.8 Å². The van der Waals surface area contributed by atoms with Crippen LogP contribution < -0.4 is 10.6 Å². The SMILES string of the molecule is Cc1ccc(CNC(=O)[C@@H](C)OC(=O)CCCN2C(=O)NC(C)(C)C2=O)cc1. The van der Waals surface area contributed by atoms with Crippen LogP contribution in [0.5, 0.6) is 0 Å². The van der Waals surface area contributed by atoms with E-state index in [2.05, 4.69) is 10.6 Å². The Morgan fingerprint density at radius 2 is 1.86 bits per heavy atom. The van der Waals surface area contributed by atoms with Gasteiger partial charge >= 0.3 is 12.0 Å². The second kappa shape index (κ2) is 8.86. The molecule has 0 saturated carbocycles. The highest BCUT2D eigenvalue weighted by atomic mass is 16.5. The average Bonchev–Trinajstić information content (AvgIpc) is 2.82. The summed E-state index contributed by atoms with van der Waals surface area (Å²) in [7, 11) is 0. The van der Waals surface area contributed by atoms with E-state index in [1.54, 1.807) is 13.8 Å². The Hall–Kier alpha value is -2.90. The summed E-state index contributed by atoms with van der Waals surface area (Å²) in [5.74, 6) is -1.26. The third-order valence-electron chi connectivity index (χ3n) is 4.47. The highest BCUT2D eigenvalue weighted by Gasteiger charge is 2.43. The first kappa shape index (κ1) is 21.4. The van der Waals surface area contributed by atoms with Crippen molar-refractivity contribution in [2.75, 3.05) is 6.54 Å². The number of nitrogens with zero attached hydrogens (tertiary/aromatic N) is 1. The molecule has 0 radical (unpaired) electrons. The van der Waals surface area contributed by atoms with Crippen molar-refractivity contribution in [3.8, 4) is 0 Å². The van der Waals surface area contributed by atoms with E-state index in [0.717, 1.165) is 16.0 Å². The van der Waals surface area contributed by atoms with Gasteiger partial charge in [0, 0.05) is 19.5 Å². The molecule has 28 heavy (non-hydrogen) atoms. The van der Waals surface area contributed by atoms with Gasteiger partial charge in [0.25, 0.3) is 11.8 Å². The quantitative estimate of drug-likeness (QED) is 0.520. The van der Waals surface area contributed by atoms with Crippen molar-refractivity contribution in [2.24, 2.45) is 0 Å². The normalized spacial score (nSPS) is 16.5. The second-order valence-electron chi connectivity index (χ2n) is 7.45. The fraction of sp³-hybridized carbons (Fsp3) is 0.500. The van der Waals surface area contributed by atoms with Crippen molar-refractivity contribution in [1.29, 1.82) is 0 Å². The van der Waals surface area contributed by atoms with Gasteiger partial charge in [-0.25, -0.2) is 4.79 Å². The Balaban J connectivity index is 1.70. The van der Waals surface area contributed by atoms with Crippen molar-refractivity contribution in [2.45, 2.75) is 58.7 Å². The lowest BCUT2D eigenvalue weighted by atomic mass is 10.1. The molecule has 0 aliphatic carbocycles. The summed E-state index contributed by atoms with van der Waals surface area (Å²) in [5.41, 5.74) is 1.16. The van der Waals surface area contributed by atoms with Crippen LogP contribution >= 0.6 is 0 Å². The summed E-state index contributed by atoms with van der Waals surface area (Å²) in [5, 5.41) is 5.30. The third-order valence-corrected chi connectivity index (χ3v) is 4.47. The molecule has 1 aromatic carbocycles. The number of hydrogen-bond acceptors (Lipinski definition) is 5. The monoisotopic (exact) mass is 389 g/mol. The molecule has 2 N–H and O–H groups in total. The number of esters is 1. The summed E-state index contributed by atoms with van der Waals surface area (Å²) >= 11 is 0. The molecule has 1 aromatic rings. The van der Waals surface area contributed by atoms with Crippen LogP contribution in [-0.4, -0.2) is 46.9 Å². The maximum atomic E-state index is 12.1. The molecule has 0 spiro atoms. The first-order chi connectivity index (χ1) is 13.1. The van der Waals surface area contributed by atoms with Crippen molar-refractivity contribution in [3.63, 3.8) is 0 Å². The highest BCUT2D eigenvalue weighted by Crippen LogP contribution is 2.17. The average molecular weight is 389 g/mol. The topological polar surface area (TPSA) is 105 Å². The van der Waals surface area contributed by atoms with Crippen LogP contribution in [0.3, 0.4) is 0 Å². The molecule has 1 fully saturated rings. The molecule has 1 aliphatic rings. The van der Waals surface area contributed by atoms with E-state index in [0.29, 0.717) is 6.54 Å². The molecule has 0 unspecified atom stereocenters. The Kier molecular flexibility index (Phi) is 6.77. The van der Waals surface area contributed by atoms with E-state index in [1.165, 1.54) is 6.92 Å². The Bertz CT molecular complexity index is 758. The number of imide groups is 1. The lowest BCUT2D eigenvalue weighted by Gasteiger charge is -2.16. The third kappa shape index (κ3) is 5.55. The van der Waals surface area contributed by atoms with Crippen LogP contribution in [0.4, 0.5) is 4.79 Å². The Morgan fingerprint density at radius 3 is 2.43 bits per heavy atom. The number of urea groups is 1. The number of rotatable bonds is 8. The maximum absolute atomic E-state index is 12.1. The predicted molar refractivity (Wildman–Crippen MR) is 102 cm³/mol. The van der Waals surface area contributed by atoms with E-state index in [1.807, 2.05) is 31.2 Å². The second-order valence-corrected chi connectivity index (χ2v) is 7.45. The zero-order valence-corrected chi connectivity index (χ0v) is 16.7. The number of hydrogen-bond donors (Lipinski definition) is 2. The van der Waals surface area contributed by atoms with Gasteiger partial charge in [-0.15, -0.1) is 0 Å². The Labute approximate surface area is 164 Å². The first-order valence-corrected chi connectivity index (χ1v) is 9.27. The molecule has 1 heterocycles. The zero-order valence-electron chi connectivity index (χ0n) is 16.7. The fourth-order valence-electron chi connectivity index (χ4n) is 2.75. The first-order valence-electron chi connectivity index (χ1n) is 9.27. The molecule has 8 nitrogen and oxygen atoms in total. The molecule has 2 rings (SSSR count). The van der Waals surface area contributed by atoms with E-state index >= 15 is 0 Å². The smallest absolute Gasteiger partial charge is 0.325 e. The minimum atomic E-state index is -0.929.